The zero-order valence-electron chi connectivity index (χ0n) is 9.56. The van der Waals surface area contributed by atoms with Gasteiger partial charge in [0.2, 0.25) is 0 Å². The molecule has 0 aliphatic carbocycles. The number of aliphatic carboxylic acids is 1. The fraction of sp³-hybridized carbons (Fsp3) is 0.333. The predicted octanol–water partition coefficient (Wildman–Crippen LogP) is 2.07. The van der Waals surface area contributed by atoms with Crippen LogP contribution >= 0.6 is 0 Å². The number of hydrogen-bond acceptors (Lipinski definition) is 2. The van der Waals surface area contributed by atoms with Crippen LogP contribution in [0.1, 0.15) is 24.1 Å². The summed E-state index contributed by atoms with van der Waals surface area (Å²) < 4.78 is 1.81. The number of carboxylic acids is 1. The van der Waals surface area contributed by atoms with E-state index in [9.17, 15) is 4.79 Å². The van der Waals surface area contributed by atoms with Crippen LogP contribution in [0.5, 0.6) is 0 Å². The smallest absolute Gasteiger partial charge is 0.310 e. The SMILES string of the molecule is Cc1c2cc(C(C)C(=O)O)ccc2nn1C. The van der Waals surface area contributed by atoms with Gasteiger partial charge in [-0.15, -0.1) is 0 Å². The Morgan fingerprint density at radius 2 is 2.19 bits per heavy atom. The molecule has 2 aromatic rings. The van der Waals surface area contributed by atoms with E-state index in [1.165, 1.54) is 0 Å². The molecule has 0 aliphatic rings. The molecule has 1 atom stereocenters. The third-order valence-corrected chi connectivity index (χ3v) is 3.02. The van der Waals surface area contributed by atoms with E-state index in [2.05, 4.69) is 5.10 Å². The van der Waals surface area contributed by atoms with Crippen LogP contribution in [0.3, 0.4) is 0 Å². The molecule has 1 unspecified atom stereocenters. The van der Waals surface area contributed by atoms with Crippen molar-refractivity contribution in [3.8, 4) is 0 Å². The van der Waals surface area contributed by atoms with Gasteiger partial charge in [0.05, 0.1) is 11.4 Å². The number of aryl methyl sites for hydroxylation is 2. The van der Waals surface area contributed by atoms with Gasteiger partial charge in [0.1, 0.15) is 0 Å². The molecule has 1 N–H and O–H groups in total. The molecule has 0 spiro atoms. The van der Waals surface area contributed by atoms with Crippen LogP contribution in [0.2, 0.25) is 0 Å². The Morgan fingerprint density at radius 1 is 1.50 bits per heavy atom. The van der Waals surface area contributed by atoms with Gasteiger partial charge in [0.25, 0.3) is 0 Å². The van der Waals surface area contributed by atoms with Gasteiger partial charge in [-0.1, -0.05) is 6.07 Å². The van der Waals surface area contributed by atoms with Crippen molar-refractivity contribution in [2.24, 2.45) is 7.05 Å². The minimum Gasteiger partial charge on any atom is -0.481 e. The number of carboxylic acid groups (broad SMARTS) is 1. The summed E-state index contributed by atoms with van der Waals surface area (Å²) in [5.41, 5.74) is 2.77. The van der Waals surface area contributed by atoms with E-state index in [1.807, 2.05) is 32.2 Å². The number of benzene rings is 1. The lowest BCUT2D eigenvalue weighted by Crippen LogP contribution is -2.06. The van der Waals surface area contributed by atoms with Crippen molar-refractivity contribution in [2.45, 2.75) is 19.8 Å². The normalized spacial score (nSPS) is 12.9. The van der Waals surface area contributed by atoms with Gasteiger partial charge in [-0.05, 0) is 31.5 Å². The summed E-state index contributed by atoms with van der Waals surface area (Å²) in [6, 6.07) is 5.61. The lowest BCUT2D eigenvalue weighted by atomic mass is 9.99. The summed E-state index contributed by atoms with van der Waals surface area (Å²) in [6.45, 7) is 3.67. The highest BCUT2D eigenvalue weighted by molar-refractivity contribution is 5.84. The second-order valence-corrected chi connectivity index (χ2v) is 4.05. The maximum atomic E-state index is 10.9. The lowest BCUT2D eigenvalue weighted by molar-refractivity contribution is -0.138. The van der Waals surface area contributed by atoms with Crippen molar-refractivity contribution in [3.63, 3.8) is 0 Å². The molecule has 2 rings (SSSR count). The van der Waals surface area contributed by atoms with Crippen LogP contribution in [-0.4, -0.2) is 20.9 Å². The Balaban J connectivity index is 2.59. The Morgan fingerprint density at radius 3 is 2.81 bits per heavy atom. The van der Waals surface area contributed by atoms with Crippen LogP contribution in [0.15, 0.2) is 18.2 Å². The zero-order valence-corrected chi connectivity index (χ0v) is 9.56. The van der Waals surface area contributed by atoms with E-state index in [4.69, 9.17) is 5.11 Å². The Labute approximate surface area is 93.5 Å². The number of hydrogen-bond donors (Lipinski definition) is 1. The number of nitrogens with zero attached hydrogens (tertiary/aromatic N) is 2. The van der Waals surface area contributed by atoms with Crippen LogP contribution in [0, 0.1) is 6.92 Å². The van der Waals surface area contributed by atoms with Crippen LogP contribution < -0.4 is 0 Å². The first kappa shape index (κ1) is 10.7. The van der Waals surface area contributed by atoms with E-state index in [1.54, 1.807) is 11.6 Å². The molecule has 16 heavy (non-hydrogen) atoms. The van der Waals surface area contributed by atoms with Gasteiger partial charge in [-0.25, -0.2) is 0 Å². The molecule has 4 heteroatoms. The van der Waals surface area contributed by atoms with Gasteiger partial charge in [0, 0.05) is 18.1 Å². The van der Waals surface area contributed by atoms with Crippen molar-refractivity contribution in [2.75, 3.05) is 0 Å². The van der Waals surface area contributed by atoms with Gasteiger partial charge < -0.3 is 5.11 Å². The predicted molar refractivity (Wildman–Crippen MR) is 61.5 cm³/mol. The molecular formula is C12H14N2O2. The Hall–Kier alpha value is -1.84. The summed E-state index contributed by atoms with van der Waals surface area (Å²) in [5.74, 6) is -1.29. The first-order chi connectivity index (χ1) is 7.50. The van der Waals surface area contributed by atoms with Gasteiger partial charge in [-0.3, -0.25) is 9.48 Å². The van der Waals surface area contributed by atoms with Crippen molar-refractivity contribution >= 4 is 16.9 Å². The van der Waals surface area contributed by atoms with Crippen LogP contribution in [-0.2, 0) is 11.8 Å². The van der Waals surface area contributed by atoms with E-state index < -0.39 is 11.9 Å². The second-order valence-electron chi connectivity index (χ2n) is 4.05. The third kappa shape index (κ3) is 1.56. The third-order valence-electron chi connectivity index (χ3n) is 3.02. The van der Waals surface area contributed by atoms with Gasteiger partial charge >= 0.3 is 5.97 Å². The molecule has 1 heterocycles. The average Bonchev–Trinajstić information content (AvgIpc) is 2.53. The Kier molecular flexibility index (Phi) is 2.42. The summed E-state index contributed by atoms with van der Waals surface area (Å²) in [4.78, 5) is 10.9. The summed E-state index contributed by atoms with van der Waals surface area (Å²) >= 11 is 0. The average molecular weight is 218 g/mol. The molecule has 1 aromatic heterocycles. The number of rotatable bonds is 2. The minimum absolute atomic E-state index is 0.482. The zero-order chi connectivity index (χ0) is 11.9. The molecule has 1 aromatic carbocycles. The maximum Gasteiger partial charge on any atom is 0.310 e. The number of aromatic nitrogens is 2. The molecule has 84 valence electrons. The first-order valence-electron chi connectivity index (χ1n) is 5.16. The van der Waals surface area contributed by atoms with Crippen molar-refractivity contribution in [1.29, 1.82) is 0 Å². The standard InChI is InChI=1S/C12H14N2O2/c1-7(12(15)16)9-4-5-11-10(6-9)8(2)14(3)13-11/h4-7H,1-3H3,(H,15,16). The first-order valence-corrected chi connectivity index (χ1v) is 5.16. The highest BCUT2D eigenvalue weighted by Gasteiger charge is 2.15. The molecule has 0 bridgehead atoms. The Bertz CT molecular complexity index is 557. The molecule has 0 radical (unpaired) electrons. The van der Waals surface area contributed by atoms with Crippen molar-refractivity contribution < 1.29 is 9.90 Å². The lowest BCUT2D eigenvalue weighted by Gasteiger charge is -2.06. The summed E-state index contributed by atoms with van der Waals surface area (Å²) in [6.07, 6.45) is 0. The molecule has 0 aliphatic heterocycles. The monoisotopic (exact) mass is 218 g/mol. The molecule has 0 saturated heterocycles. The minimum atomic E-state index is -0.805. The fourth-order valence-corrected chi connectivity index (χ4v) is 1.75. The van der Waals surface area contributed by atoms with E-state index in [-0.39, 0.29) is 0 Å². The van der Waals surface area contributed by atoms with Crippen molar-refractivity contribution in [1.82, 2.24) is 9.78 Å². The number of carbonyl (C=O) groups is 1. The van der Waals surface area contributed by atoms with Crippen LogP contribution in [0.25, 0.3) is 10.9 Å². The highest BCUT2D eigenvalue weighted by Crippen LogP contribution is 2.23. The van der Waals surface area contributed by atoms with Gasteiger partial charge in [-0.2, -0.15) is 5.10 Å². The van der Waals surface area contributed by atoms with E-state index >= 15 is 0 Å². The largest absolute Gasteiger partial charge is 0.481 e. The van der Waals surface area contributed by atoms with E-state index in [0.29, 0.717) is 0 Å². The molecule has 4 nitrogen and oxygen atoms in total. The van der Waals surface area contributed by atoms with Crippen LogP contribution in [0.4, 0.5) is 0 Å². The summed E-state index contributed by atoms with van der Waals surface area (Å²) in [5, 5.41) is 14.3. The maximum absolute atomic E-state index is 10.9. The molecule has 0 fully saturated rings. The van der Waals surface area contributed by atoms with E-state index in [0.717, 1.165) is 22.2 Å². The van der Waals surface area contributed by atoms with Crippen molar-refractivity contribution in [3.05, 3.63) is 29.5 Å². The summed E-state index contributed by atoms with van der Waals surface area (Å²) in [7, 11) is 1.88. The second kappa shape index (κ2) is 3.63. The number of fused-ring (bicyclic) bond motifs is 1. The fourth-order valence-electron chi connectivity index (χ4n) is 1.75. The highest BCUT2D eigenvalue weighted by atomic mass is 16.4. The quantitative estimate of drug-likeness (QED) is 0.839. The van der Waals surface area contributed by atoms with Gasteiger partial charge in [0.15, 0.2) is 0 Å². The molecule has 0 saturated carbocycles. The molecular weight excluding hydrogens is 204 g/mol. The topological polar surface area (TPSA) is 55.1 Å². The molecule has 0 amide bonds.